The fraction of sp³-hybridized carbons (Fsp3) is 0.562. The molecule has 2 rings (SSSR count). The first-order valence-corrected chi connectivity index (χ1v) is 7.41. The first-order chi connectivity index (χ1) is 9.51. The number of hydrogen-bond donors (Lipinski definition) is 3. The summed E-state index contributed by atoms with van der Waals surface area (Å²) in [6, 6.07) is 4.04. The van der Waals surface area contributed by atoms with Crippen molar-refractivity contribution in [3.8, 4) is 0 Å². The van der Waals surface area contributed by atoms with Gasteiger partial charge in [0, 0.05) is 17.4 Å². The minimum atomic E-state index is -0.968. The topological polar surface area (TPSA) is 75.3 Å². The second-order valence-corrected chi connectivity index (χ2v) is 5.84. The number of carboxylic acid groups (broad SMARTS) is 1. The van der Waals surface area contributed by atoms with Crippen LogP contribution < -0.4 is 11.1 Å². The lowest BCUT2D eigenvalue weighted by molar-refractivity contribution is 0.0698. The SMILES string of the molecule is CCC1CCCC(Nc2cc(C)c(N)c(C(=O)O)c2)C1. The van der Waals surface area contributed by atoms with Gasteiger partial charge in [0.05, 0.1) is 5.56 Å². The van der Waals surface area contributed by atoms with E-state index in [2.05, 4.69) is 12.2 Å². The van der Waals surface area contributed by atoms with E-state index in [1.54, 1.807) is 6.07 Å². The van der Waals surface area contributed by atoms with Crippen molar-refractivity contribution in [2.75, 3.05) is 11.1 Å². The number of aromatic carboxylic acids is 1. The zero-order chi connectivity index (χ0) is 14.7. The summed E-state index contributed by atoms with van der Waals surface area (Å²) in [5.74, 6) is -0.181. The minimum Gasteiger partial charge on any atom is -0.478 e. The molecule has 0 aliphatic heterocycles. The standard InChI is InChI=1S/C16H24N2O2/c1-3-11-5-4-6-12(8-11)18-13-7-10(2)15(17)14(9-13)16(19)20/h7,9,11-12,18H,3-6,8,17H2,1-2H3,(H,19,20). The summed E-state index contributed by atoms with van der Waals surface area (Å²) in [4.78, 5) is 11.2. The molecule has 1 fully saturated rings. The van der Waals surface area contributed by atoms with E-state index in [4.69, 9.17) is 5.73 Å². The van der Waals surface area contributed by atoms with Crippen LogP contribution in [0.1, 0.15) is 54.9 Å². The van der Waals surface area contributed by atoms with Crippen LogP contribution in [0.2, 0.25) is 0 Å². The van der Waals surface area contributed by atoms with Gasteiger partial charge in [-0.3, -0.25) is 0 Å². The van der Waals surface area contributed by atoms with Gasteiger partial charge in [0.15, 0.2) is 0 Å². The first kappa shape index (κ1) is 14.7. The van der Waals surface area contributed by atoms with Crippen molar-refractivity contribution in [2.45, 2.75) is 52.0 Å². The second-order valence-electron chi connectivity index (χ2n) is 5.84. The first-order valence-electron chi connectivity index (χ1n) is 7.41. The van der Waals surface area contributed by atoms with Crippen LogP contribution in [0.5, 0.6) is 0 Å². The normalized spacial score (nSPS) is 22.5. The van der Waals surface area contributed by atoms with Crippen LogP contribution in [-0.4, -0.2) is 17.1 Å². The van der Waals surface area contributed by atoms with E-state index in [0.29, 0.717) is 11.7 Å². The number of rotatable bonds is 4. The van der Waals surface area contributed by atoms with Gasteiger partial charge >= 0.3 is 5.97 Å². The summed E-state index contributed by atoms with van der Waals surface area (Å²) in [5.41, 5.74) is 8.06. The molecule has 1 aliphatic rings. The lowest BCUT2D eigenvalue weighted by atomic mass is 9.84. The third-order valence-corrected chi connectivity index (χ3v) is 4.35. The molecule has 0 bridgehead atoms. The quantitative estimate of drug-likeness (QED) is 0.734. The molecule has 4 N–H and O–H groups in total. The van der Waals surface area contributed by atoms with Gasteiger partial charge in [0.1, 0.15) is 0 Å². The van der Waals surface area contributed by atoms with Gasteiger partial charge in [0.2, 0.25) is 0 Å². The summed E-state index contributed by atoms with van der Waals surface area (Å²) < 4.78 is 0. The molecule has 0 spiro atoms. The number of aryl methyl sites for hydroxylation is 1. The van der Waals surface area contributed by atoms with E-state index in [1.165, 1.54) is 25.7 Å². The maximum Gasteiger partial charge on any atom is 0.337 e. The van der Waals surface area contributed by atoms with E-state index in [0.717, 1.165) is 23.6 Å². The number of nitrogens with one attached hydrogen (secondary N) is 1. The van der Waals surface area contributed by atoms with Gasteiger partial charge in [-0.05, 0) is 43.4 Å². The number of nitrogens with two attached hydrogens (primary N) is 1. The molecular weight excluding hydrogens is 252 g/mol. The molecule has 2 atom stereocenters. The number of nitrogen functional groups attached to an aromatic ring is 1. The van der Waals surface area contributed by atoms with Crippen molar-refractivity contribution in [3.63, 3.8) is 0 Å². The summed E-state index contributed by atoms with van der Waals surface area (Å²) >= 11 is 0. The number of benzene rings is 1. The summed E-state index contributed by atoms with van der Waals surface area (Å²) in [6.07, 6.45) is 6.11. The molecule has 0 amide bonds. The molecule has 0 heterocycles. The Morgan fingerprint density at radius 2 is 2.20 bits per heavy atom. The summed E-state index contributed by atoms with van der Waals surface area (Å²) in [7, 11) is 0. The summed E-state index contributed by atoms with van der Waals surface area (Å²) in [6.45, 7) is 4.09. The van der Waals surface area contributed by atoms with Gasteiger partial charge in [-0.1, -0.05) is 26.2 Å². The van der Waals surface area contributed by atoms with Crippen LogP contribution in [-0.2, 0) is 0 Å². The highest BCUT2D eigenvalue weighted by Crippen LogP contribution is 2.30. The lowest BCUT2D eigenvalue weighted by Crippen LogP contribution is -2.27. The highest BCUT2D eigenvalue weighted by Gasteiger charge is 2.21. The van der Waals surface area contributed by atoms with Gasteiger partial charge in [0.25, 0.3) is 0 Å². The lowest BCUT2D eigenvalue weighted by Gasteiger charge is -2.30. The third-order valence-electron chi connectivity index (χ3n) is 4.35. The van der Waals surface area contributed by atoms with E-state index >= 15 is 0 Å². The number of carboxylic acids is 1. The molecule has 110 valence electrons. The molecule has 0 aromatic heterocycles. The van der Waals surface area contributed by atoms with Crippen molar-refractivity contribution >= 4 is 17.3 Å². The van der Waals surface area contributed by atoms with Crippen LogP contribution in [0.25, 0.3) is 0 Å². The highest BCUT2D eigenvalue weighted by molar-refractivity contribution is 5.95. The molecule has 0 radical (unpaired) electrons. The molecule has 1 aromatic rings. The second kappa shape index (κ2) is 6.16. The van der Waals surface area contributed by atoms with E-state index < -0.39 is 5.97 Å². The smallest absolute Gasteiger partial charge is 0.337 e. The van der Waals surface area contributed by atoms with Crippen molar-refractivity contribution < 1.29 is 9.90 Å². The maximum absolute atomic E-state index is 11.2. The Morgan fingerprint density at radius 3 is 2.85 bits per heavy atom. The van der Waals surface area contributed by atoms with Gasteiger partial charge in [-0.15, -0.1) is 0 Å². The zero-order valence-corrected chi connectivity index (χ0v) is 12.3. The minimum absolute atomic E-state index is 0.190. The number of anilines is 2. The Hall–Kier alpha value is -1.71. The number of carbonyl (C=O) groups is 1. The average molecular weight is 276 g/mol. The van der Waals surface area contributed by atoms with Crippen LogP contribution in [0.3, 0.4) is 0 Å². The molecule has 2 unspecified atom stereocenters. The largest absolute Gasteiger partial charge is 0.478 e. The third kappa shape index (κ3) is 3.24. The number of hydrogen-bond acceptors (Lipinski definition) is 3. The van der Waals surface area contributed by atoms with Crippen LogP contribution >= 0.6 is 0 Å². The Kier molecular flexibility index (Phi) is 4.53. The van der Waals surface area contributed by atoms with Crippen LogP contribution in [0.15, 0.2) is 12.1 Å². The van der Waals surface area contributed by atoms with Gasteiger partial charge in [-0.25, -0.2) is 4.79 Å². The van der Waals surface area contributed by atoms with E-state index in [1.807, 2.05) is 13.0 Å². The molecule has 1 aliphatic carbocycles. The van der Waals surface area contributed by atoms with Crippen LogP contribution in [0.4, 0.5) is 11.4 Å². The van der Waals surface area contributed by atoms with Crippen molar-refractivity contribution in [1.29, 1.82) is 0 Å². The highest BCUT2D eigenvalue weighted by atomic mass is 16.4. The Labute approximate surface area is 120 Å². The average Bonchev–Trinajstić information content (AvgIpc) is 2.42. The van der Waals surface area contributed by atoms with Gasteiger partial charge in [-0.2, -0.15) is 0 Å². The van der Waals surface area contributed by atoms with Crippen molar-refractivity contribution in [2.24, 2.45) is 5.92 Å². The predicted molar refractivity (Wildman–Crippen MR) is 82.2 cm³/mol. The Morgan fingerprint density at radius 1 is 1.45 bits per heavy atom. The predicted octanol–water partition coefficient (Wildman–Crippen LogP) is 3.66. The van der Waals surface area contributed by atoms with Crippen molar-refractivity contribution in [1.82, 2.24) is 0 Å². The molecule has 1 aromatic carbocycles. The monoisotopic (exact) mass is 276 g/mol. The van der Waals surface area contributed by atoms with E-state index in [9.17, 15) is 9.90 Å². The van der Waals surface area contributed by atoms with Gasteiger partial charge < -0.3 is 16.2 Å². The van der Waals surface area contributed by atoms with Crippen LogP contribution in [0, 0.1) is 12.8 Å². The summed E-state index contributed by atoms with van der Waals surface area (Å²) in [5, 5.41) is 12.7. The molecule has 4 nitrogen and oxygen atoms in total. The molecule has 4 heteroatoms. The fourth-order valence-electron chi connectivity index (χ4n) is 3.09. The Bertz CT molecular complexity index is 499. The fourth-order valence-corrected chi connectivity index (χ4v) is 3.09. The Balaban J connectivity index is 2.15. The maximum atomic E-state index is 11.2. The van der Waals surface area contributed by atoms with Crippen molar-refractivity contribution in [3.05, 3.63) is 23.3 Å². The van der Waals surface area contributed by atoms with E-state index in [-0.39, 0.29) is 5.56 Å². The zero-order valence-electron chi connectivity index (χ0n) is 12.3. The molecular formula is C16H24N2O2. The molecule has 1 saturated carbocycles. The molecule has 0 saturated heterocycles. The molecule has 20 heavy (non-hydrogen) atoms.